The summed E-state index contributed by atoms with van der Waals surface area (Å²) >= 11 is 0. The maximum atomic E-state index is 5.80. The zero-order valence-corrected chi connectivity index (χ0v) is 13.9. The lowest BCUT2D eigenvalue weighted by atomic mass is 10.1. The number of likely N-dealkylation sites (N-methyl/N-ethyl adjacent to an activating group) is 1. The molecule has 0 bridgehead atoms. The molecule has 1 aromatic carbocycles. The van der Waals surface area contributed by atoms with Crippen LogP contribution in [-0.4, -0.2) is 34.5 Å². The molecule has 0 fully saturated rings. The summed E-state index contributed by atoms with van der Waals surface area (Å²) in [6.45, 7) is 5.91. The molecule has 0 aromatic heterocycles. The lowest BCUT2D eigenvalue weighted by Crippen LogP contribution is -2.22. The summed E-state index contributed by atoms with van der Waals surface area (Å²) in [5, 5.41) is 3.28. The van der Waals surface area contributed by atoms with Crippen LogP contribution in [0.4, 0.5) is 0 Å². The van der Waals surface area contributed by atoms with Gasteiger partial charge in [0.1, 0.15) is 11.5 Å². The van der Waals surface area contributed by atoms with Crippen LogP contribution in [0.3, 0.4) is 0 Å². The highest BCUT2D eigenvalue weighted by Crippen LogP contribution is 2.29. The average molecular weight is 295 g/mol. The molecule has 0 spiro atoms. The van der Waals surface area contributed by atoms with E-state index >= 15 is 0 Å². The molecular weight excluding hydrogens is 266 g/mol. The van der Waals surface area contributed by atoms with Crippen LogP contribution in [0.15, 0.2) is 18.2 Å². The largest absolute Gasteiger partial charge is 0.497 e. The Hall–Kier alpha value is -1.26. The molecule has 0 aliphatic rings. The minimum atomic E-state index is 0.116. The third-order valence-corrected chi connectivity index (χ3v) is 3.52. The predicted molar refractivity (Wildman–Crippen MR) is 86.2 cm³/mol. The maximum Gasteiger partial charge on any atom is 0.127 e. The van der Waals surface area contributed by atoms with Crippen molar-refractivity contribution in [2.45, 2.75) is 32.7 Å². The van der Waals surface area contributed by atoms with Crippen molar-refractivity contribution in [3.63, 3.8) is 0 Å². The average Bonchev–Trinajstić information content (AvgIpc) is 2.50. The maximum absolute atomic E-state index is 5.80. The molecule has 21 heavy (non-hydrogen) atoms. The molecule has 0 aliphatic carbocycles. The van der Waals surface area contributed by atoms with Crippen LogP contribution in [0.25, 0.3) is 0 Å². The number of benzene rings is 1. The van der Waals surface area contributed by atoms with Crippen molar-refractivity contribution in [2.24, 2.45) is 5.92 Å². The lowest BCUT2D eigenvalue weighted by Gasteiger charge is -2.20. The Morgan fingerprint density at radius 3 is 2.48 bits per heavy atom. The molecule has 120 valence electrons. The Morgan fingerprint density at radius 1 is 1.14 bits per heavy atom. The van der Waals surface area contributed by atoms with E-state index in [2.05, 4.69) is 19.2 Å². The van der Waals surface area contributed by atoms with Gasteiger partial charge in [-0.3, -0.25) is 0 Å². The number of nitrogens with one attached hydrogen (secondary N) is 1. The van der Waals surface area contributed by atoms with Crippen LogP contribution in [-0.2, 0) is 4.74 Å². The summed E-state index contributed by atoms with van der Waals surface area (Å²) < 4.78 is 16.5. The van der Waals surface area contributed by atoms with Gasteiger partial charge in [-0.2, -0.15) is 0 Å². The first-order valence-corrected chi connectivity index (χ1v) is 7.59. The van der Waals surface area contributed by atoms with Crippen molar-refractivity contribution in [1.29, 1.82) is 0 Å². The summed E-state index contributed by atoms with van der Waals surface area (Å²) in [5.41, 5.74) is 1.09. The summed E-state index contributed by atoms with van der Waals surface area (Å²) in [6.07, 6.45) is 2.31. The second-order valence-electron chi connectivity index (χ2n) is 5.56. The lowest BCUT2D eigenvalue weighted by molar-refractivity contribution is 0.107. The van der Waals surface area contributed by atoms with Crippen LogP contribution in [0.5, 0.6) is 11.5 Å². The van der Waals surface area contributed by atoms with Gasteiger partial charge in [0.2, 0.25) is 0 Å². The Labute approximate surface area is 128 Å². The fourth-order valence-corrected chi connectivity index (χ4v) is 2.23. The molecule has 4 nitrogen and oxygen atoms in total. The SMILES string of the molecule is CNC(COCCCC(C)C)c1ccc(OC)cc1OC. The molecule has 0 aliphatic heterocycles. The van der Waals surface area contributed by atoms with Gasteiger partial charge >= 0.3 is 0 Å². The van der Waals surface area contributed by atoms with Crippen LogP contribution in [0.2, 0.25) is 0 Å². The van der Waals surface area contributed by atoms with Crippen molar-refractivity contribution in [1.82, 2.24) is 5.32 Å². The molecule has 1 atom stereocenters. The molecule has 0 heterocycles. The van der Waals surface area contributed by atoms with Crippen LogP contribution < -0.4 is 14.8 Å². The molecule has 0 amide bonds. The Balaban J connectivity index is 2.59. The van der Waals surface area contributed by atoms with E-state index in [4.69, 9.17) is 14.2 Å². The van der Waals surface area contributed by atoms with Gasteiger partial charge < -0.3 is 19.5 Å². The van der Waals surface area contributed by atoms with Crippen molar-refractivity contribution in [3.05, 3.63) is 23.8 Å². The normalized spacial score (nSPS) is 12.5. The van der Waals surface area contributed by atoms with Gasteiger partial charge in [-0.1, -0.05) is 13.8 Å². The minimum absolute atomic E-state index is 0.116. The second-order valence-corrected chi connectivity index (χ2v) is 5.56. The molecule has 0 saturated carbocycles. The molecule has 4 heteroatoms. The number of hydrogen-bond acceptors (Lipinski definition) is 4. The Bertz CT molecular complexity index is 407. The van der Waals surface area contributed by atoms with Gasteiger partial charge in [0.15, 0.2) is 0 Å². The first kappa shape index (κ1) is 17.8. The van der Waals surface area contributed by atoms with Crippen molar-refractivity contribution >= 4 is 0 Å². The van der Waals surface area contributed by atoms with Crippen LogP contribution >= 0.6 is 0 Å². The van der Waals surface area contributed by atoms with Crippen LogP contribution in [0, 0.1) is 5.92 Å². The molecule has 0 saturated heterocycles. The van der Waals surface area contributed by atoms with Crippen molar-refractivity contribution in [3.8, 4) is 11.5 Å². The van der Waals surface area contributed by atoms with Gasteiger partial charge in [0.05, 0.1) is 26.9 Å². The molecule has 1 aromatic rings. The highest BCUT2D eigenvalue weighted by Gasteiger charge is 2.15. The van der Waals surface area contributed by atoms with Gasteiger partial charge in [0.25, 0.3) is 0 Å². The number of ether oxygens (including phenoxy) is 3. The van der Waals surface area contributed by atoms with Gasteiger partial charge in [-0.15, -0.1) is 0 Å². The van der Waals surface area contributed by atoms with E-state index < -0.39 is 0 Å². The standard InChI is InChI=1S/C17H29NO3/c1-13(2)7-6-10-21-12-16(18-3)15-9-8-14(19-4)11-17(15)20-5/h8-9,11,13,16,18H,6-7,10,12H2,1-5H3. The summed E-state index contributed by atoms with van der Waals surface area (Å²) in [4.78, 5) is 0. The van der Waals surface area contributed by atoms with Crippen molar-refractivity contribution in [2.75, 3.05) is 34.5 Å². The fraction of sp³-hybridized carbons (Fsp3) is 0.647. The Morgan fingerprint density at radius 2 is 1.90 bits per heavy atom. The first-order chi connectivity index (χ1) is 10.1. The quantitative estimate of drug-likeness (QED) is 0.671. The van der Waals surface area contributed by atoms with Gasteiger partial charge in [0, 0.05) is 18.2 Å². The van der Waals surface area contributed by atoms with E-state index in [-0.39, 0.29) is 6.04 Å². The van der Waals surface area contributed by atoms with Gasteiger partial charge in [-0.25, -0.2) is 0 Å². The zero-order valence-electron chi connectivity index (χ0n) is 13.9. The van der Waals surface area contributed by atoms with E-state index in [9.17, 15) is 0 Å². The van der Waals surface area contributed by atoms with Crippen LogP contribution in [0.1, 0.15) is 38.3 Å². The third kappa shape index (κ3) is 5.94. The van der Waals surface area contributed by atoms with E-state index in [0.29, 0.717) is 6.61 Å². The fourth-order valence-electron chi connectivity index (χ4n) is 2.23. The third-order valence-electron chi connectivity index (χ3n) is 3.52. The molecule has 1 rings (SSSR count). The van der Waals surface area contributed by atoms with E-state index in [1.165, 1.54) is 6.42 Å². The predicted octanol–water partition coefficient (Wildman–Crippen LogP) is 3.42. The molecule has 1 unspecified atom stereocenters. The number of methoxy groups -OCH3 is 2. The highest BCUT2D eigenvalue weighted by molar-refractivity contribution is 5.42. The molecule has 1 N–H and O–H groups in total. The first-order valence-electron chi connectivity index (χ1n) is 7.59. The van der Waals surface area contributed by atoms with E-state index in [1.54, 1.807) is 14.2 Å². The molecular formula is C17H29NO3. The number of rotatable bonds is 10. The van der Waals surface area contributed by atoms with Gasteiger partial charge in [-0.05, 0) is 37.9 Å². The zero-order chi connectivity index (χ0) is 15.7. The minimum Gasteiger partial charge on any atom is -0.497 e. The Kier molecular flexibility index (Phi) is 8.16. The molecule has 0 radical (unpaired) electrons. The summed E-state index contributed by atoms with van der Waals surface area (Å²) in [6, 6.07) is 5.99. The van der Waals surface area contributed by atoms with E-state index in [1.807, 2.05) is 25.2 Å². The monoisotopic (exact) mass is 295 g/mol. The number of hydrogen-bond donors (Lipinski definition) is 1. The topological polar surface area (TPSA) is 39.7 Å². The second kappa shape index (κ2) is 9.64. The van der Waals surface area contributed by atoms with Crippen molar-refractivity contribution < 1.29 is 14.2 Å². The smallest absolute Gasteiger partial charge is 0.127 e. The van der Waals surface area contributed by atoms with E-state index in [0.717, 1.165) is 36.0 Å². The highest BCUT2D eigenvalue weighted by atomic mass is 16.5. The summed E-state index contributed by atoms with van der Waals surface area (Å²) in [7, 11) is 5.27. The summed E-state index contributed by atoms with van der Waals surface area (Å²) in [5.74, 6) is 2.35.